The fourth-order valence-corrected chi connectivity index (χ4v) is 4.47. The Morgan fingerprint density at radius 3 is 2.69 bits per heavy atom. The van der Waals surface area contributed by atoms with Gasteiger partial charge in [-0.1, -0.05) is 29.8 Å². The monoisotopic (exact) mass is 430 g/mol. The lowest BCUT2D eigenvalue weighted by Gasteiger charge is -2.33. The third-order valence-electron chi connectivity index (χ3n) is 6.00. The second-order valence-electron chi connectivity index (χ2n) is 8.86. The van der Waals surface area contributed by atoms with Crippen LogP contribution in [0.1, 0.15) is 52.5 Å². The number of amides is 1. The van der Waals surface area contributed by atoms with Crippen LogP contribution in [0.25, 0.3) is 0 Å². The van der Waals surface area contributed by atoms with Crippen molar-refractivity contribution in [1.82, 2.24) is 19.7 Å². The summed E-state index contributed by atoms with van der Waals surface area (Å²) in [7, 11) is 0. The van der Waals surface area contributed by atoms with E-state index >= 15 is 0 Å². The molecule has 1 aliphatic rings. The minimum Gasteiger partial charge on any atom is -0.340 e. The Hall–Kier alpha value is -3.28. The molecule has 0 bridgehead atoms. The van der Waals surface area contributed by atoms with Crippen molar-refractivity contribution >= 4 is 5.91 Å². The van der Waals surface area contributed by atoms with Crippen molar-refractivity contribution in [2.45, 2.75) is 52.5 Å². The quantitative estimate of drug-likeness (QED) is 0.621. The van der Waals surface area contributed by atoms with Crippen LogP contribution in [0.2, 0.25) is 0 Å². The summed E-state index contributed by atoms with van der Waals surface area (Å²) in [6.45, 7) is 7.27. The maximum absolute atomic E-state index is 12.9. The van der Waals surface area contributed by atoms with Gasteiger partial charge in [0.05, 0.1) is 5.69 Å². The molecule has 0 aliphatic carbocycles. The number of piperidine rings is 1. The first kappa shape index (κ1) is 21.9. The highest BCUT2D eigenvalue weighted by Crippen LogP contribution is 2.27. The summed E-state index contributed by atoms with van der Waals surface area (Å²) in [5.74, 6) is 0.133. The number of carbonyl (C=O) groups excluding carboxylic acids is 1. The standard InChI is InChI=1S/C26H30N4O2/c1-18-6-4-7-21(12-18)14-22-13-20(3)27-24(15-22)23-8-5-11-29(16-23)26(32)17-30-25(31)10-9-19(2)28-30/h4,6-7,9-10,12-13,15,23H,5,8,11,14,16-17H2,1-3H3/t23-/m1/s1. The van der Waals surface area contributed by atoms with Gasteiger partial charge in [-0.05, 0) is 69.4 Å². The highest BCUT2D eigenvalue weighted by atomic mass is 16.2. The zero-order valence-corrected chi connectivity index (χ0v) is 19.0. The van der Waals surface area contributed by atoms with E-state index in [1.807, 2.05) is 18.7 Å². The van der Waals surface area contributed by atoms with Gasteiger partial charge in [0.1, 0.15) is 6.54 Å². The van der Waals surface area contributed by atoms with Gasteiger partial charge in [0.2, 0.25) is 5.91 Å². The van der Waals surface area contributed by atoms with Crippen LogP contribution >= 0.6 is 0 Å². The van der Waals surface area contributed by atoms with Crippen LogP contribution in [0.4, 0.5) is 0 Å². The fourth-order valence-electron chi connectivity index (χ4n) is 4.47. The molecule has 1 saturated heterocycles. The Balaban J connectivity index is 1.49. The van der Waals surface area contributed by atoms with E-state index in [1.165, 1.54) is 27.4 Å². The van der Waals surface area contributed by atoms with Gasteiger partial charge in [-0.25, -0.2) is 4.68 Å². The summed E-state index contributed by atoms with van der Waals surface area (Å²) in [6.07, 6.45) is 2.80. The van der Waals surface area contributed by atoms with Gasteiger partial charge < -0.3 is 4.90 Å². The van der Waals surface area contributed by atoms with Gasteiger partial charge in [-0.2, -0.15) is 5.10 Å². The molecule has 0 spiro atoms. The van der Waals surface area contributed by atoms with Crippen molar-refractivity contribution < 1.29 is 4.79 Å². The van der Waals surface area contributed by atoms with E-state index in [0.29, 0.717) is 13.1 Å². The average Bonchev–Trinajstić information content (AvgIpc) is 2.76. The van der Waals surface area contributed by atoms with E-state index in [-0.39, 0.29) is 23.9 Å². The first-order chi connectivity index (χ1) is 15.4. The Morgan fingerprint density at radius 2 is 1.88 bits per heavy atom. The average molecular weight is 431 g/mol. The highest BCUT2D eigenvalue weighted by molar-refractivity contribution is 5.76. The molecular formula is C26H30N4O2. The van der Waals surface area contributed by atoms with Crippen LogP contribution in [0.15, 0.2) is 53.3 Å². The Labute approximate surface area is 188 Å². The Kier molecular flexibility index (Phi) is 6.49. The number of nitrogens with zero attached hydrogens (tertiary/aromatic N) is 4. The first-order valence-electron chi connectivity index (χ1n) is 11.2. The molecule has 1 atom stereocenters. The largest absolute Gasteiger partial charge is 0.340 e. The summed E-state index contributed by atoms with van der Waals surface area (Å²) in [5, 5.41) is 4.20. The lowest BCUT2D eigenvalue weighted by atomic mass is 9.92. The Bertz CT molecular complexity index is 1180. The van der Waals surface area contributed by atoms with Crippen molar-refractivity contribution in [3.8, 4) is 0 Å². The van der Waals surface area contributed by atoms with Crippen molar-refractivity contribution in [3.63, 3.8) is 0 Å². The molecule has 0 unspecified atom stereocenters. The molecule has 2 aromatic heterocycles. The molecule has 1 fully saturated rings. The van der Waals surface area contributed by atoms with Crippen molar-refractivity contribution in [3.05, 3.63) is 92.7 Å². The van der Waals surface area contributed by atoms with Gasteiger partial charge in [0.25, 0.3) is 5.56 Å². The van der Waals surface area contributed by atoms with Crippen LogP contribution in [-0.4, -0.2) is 38.7 Å². The summed E-state index contributed by atoms with van der Waals surface area (Å²) < 4.78 is 1.26. The van der Waals surface area contributed by atoms with E-state index in [2.05, 4.69) is 48.4 Å². The van der Waals surface area contributed by atoms with Gasteiger partial charge in [-0.3, -0.25) is 14.6 Å². The third-order valence-corrected chi connectivity index (χ3v) is 6.00. The van der Waals surface area contributed by atoms with Gasteiger partial charge in [-0.15, -0.1) is 0 Å². The summed E-state index contributed by atoms with van der Waals surface area (Å²) in [4.78, 5) is 31.6. The molecule has 6 nitrogen and oxygen atoms in total. The van der Waals surface area contributed by atoms with Crippen molar-refractivity contribution in [2.75, 3.05) is 13.1 Å². The molecule has 1 aliphatic heterocycles. The molecule has 166 valence electrons. The Morgan fingerprint density at radius 1 is 1.03 bits per heavy atom. The molecular weight excluding hydrogens is 400 g/mol. The second-order valence-corrected chi connectivity index (χ2v) is 8.86. The van der Waals surface area contributed by atoms with Crippen LogP contribution in [0.5, 0.6) is 0 Å². The summed E-state index contributed by atoms with van der Waals surface area (Å²) in [6, 6.07) is 16.1. The summed E-state index contributed by atoms with van der Waals surface area (Å²) in [5.41, 5.74) is 6.32. The SMILES string of the molecule is Cc1cccc(Cc2cc(C)nc([C@@H]3CCCN(C(=O)Cn4nc(C)ccc4=O)C3)c2)c1. The minimum atomic E-state index is -0.251. The van der Waals surface area contributed by atoms with Crippen LogP contribution in [0, 0.1) is 20.8 Å². The highest BCUT2D eigenvalue weighted by Gasteiger charge is 2.26. The van der Waals surface area contributed by atoms with E-state index < -0.39 is 0 Å². The maximum Gasteiger partial charge on any atom is 0.267 e. The number of carbonyl (C=O) groups is 1. The topological polar surface area (TPSA) is 68.1 Å². The van der Waals surface area contributed by atoms with Crippen molar-refractivity contribution in [1.29, 1.82) is 0 Å². The fraction of sp³-hybridized carbons (Fsp3) is 0.385. The van der Waals surface area contributed by atoms with Crippen LogP contribution < -0.4 is 5.56 Å². The lowest BCUT2D eigenvalue weighted by molar-refractivity contribution is -0.133. The molecule has 1 amide bonds. The zero-order valence-electron chi connectivity index (χ0n) is 19.0. The number of aryl methyl sites for hydroxylation is 3. The smallest absolute Gasteiger partial charge is 0.267 e. The molecule has 1 aromatic carbocycles. The zero-order chi connectivity index (χ0) is 22.7. The second kappa shape index (κ2) is 9.47. The number of rotatable bonds is 5. The van der Waals surface area contributed by atoms with Gasteiger partial charge in [0.15, 0.2) is 0 Å². The molecule has 3 aromatic rings. The maximum atomic E-state index is 12.9. The molecule has 0 radical (unpaired) electrons. The van der Waals surface area contributed by atoms with E-state index in [0.717, 1.165) is 36.3 Å². The molecule has 6 heteroatoms. The van der Waals surface area contributed by atoms with Gasteiger partial charge in [0, 0.05) is 36.5 Å². The molecule has 32 heavy (non-hydrogen) atoms. The van der Waals surface area contributed by atoms with Crippen LogP contribution in [0.3, 0.4) is 0 Å². The summed E-state index contributed by atoms with van der Waals surface area (Å²) >= 11 is 0. The molecule has 4 rings (SSSR count). The molecule has 0 N–H and O–H groups in total. The number of hydrogen-bond acceptors (Lipinski definition) is 4. The molecule has 0 saturated carbocycles. The minimum absolute atomic E-state index is 0.0207. The van der Waals surface area contributed by atoms with E-state index in [9.17, 15) is 9.59 Å². The van der Waals surface area contributed by atoms with E-state index in [1.54, 1.807) is 6.07 Å². The van der Waals surface area contributed by atoms with Crippen molar-refractivity contribution in [2.24, 2.45) is 0 Å². The van der Waals surface area contributed by atoms with E-state index in [4.69, 9.17) is 4.98 Å². The number of benzene rings is 1. The predicted octanol–water partition coefficient (Wildman–Crippen LogP) is 3.56. The van der Waals surface area contributed by atoms with Crippen LogP contribution in [-0.2, 0) is 17.8 Å². The first-order valence-corrected chi connectivity index (χ1v) is 11.2. The van der Waals surface area contributed by atoms with Gasteiger partial charge >= 0.3 is 0 Å². The predicted molar refractivity (Wildman–Crippen MR) is 125 cm³/mol. The number of aromatic nitrogens is 3. The number of pyridine rings is 1. The number of hydrogen-bond donors (Lipinski definition) is 0. The lowest BCUT2D eigenvalue weighted by Crippen LogP contribution is -2.42. The number of likely N-dealkylation sites (tertiary alicyclic amines) is 1. The third kappa shape index (κ3) is 5.31. The molecule has 3 heterocycles. The normalized spacial score (nSPS) is 16.2.